The molecule has 2 saturated heterocycles. The largest absolute Gasteiger partial charge is 0.351 e. The molecule has 2 heterocycles. The Balaban J connectivity index is 1.70. The molecule has 144 valence electrons. The summed E-state index contributed by atoms with van der Waals surface area (Å²) in [5.74, 6) is -0.0588. The van der Waals surface area contributed by atoms with Gasteiger partial charge in [0.05, 0.1) is 10.9 Å². The lowest BCUT2D eigenvalue weighted by Gasteiger charge is -2.32. The number of piperidine rings is 1. The van der Waals surface area contributed by atoms with Crippen LogP contribution in [0.4, 0.5) is 0 Å². The van der Waals surface area contributed by atoms with Gasteiger partial charge in [0, 0.05) is 32.7 Å². The van der Waals surface area contributed by atoms with E-state index in [0.717, 1.165) is 38.9 Å². The molecule has 2 fully saturated rings. The van der Waals surface area contributed by atoms with Gasteiger partial charge in [0.25, 0.3) is 0 Å². The molecule has 0 unspecified atom stereocenters. The Bertz CT molecular complexity index is 724. The van der Waals surface area contributed by atoms with Crippen LogP contribution < -0.4 is 10.6 Å². The summed E-state index contributed by atoms with van der Waals surface area (Å²) in [4.78, 5) is 14.7. The Hall–Kier alpha value is -1.48. The molecule has 2 aliphatic heterocycles. The van der Waals surface area contributed by atoms with Crippen LogP contribution in [0.15, 0.2) is 29.2 Å². The summed E-state index contributed by atoms with van der Waals surface area (Å²) < 4.78 is 27.6. The lowest BCUT2D eigenvalue weighted by atomic mass is 10.0. The summed E-state index contributed by atoms with van der Waals surface area (Å²) in [5, 5.41) is 6.11. The number of nitrogens with one attached hydrogen (secondary N) is 2. The van der Waals surface area contributed by atoms with Crippen LogP contribution in [0.3, 0.4) is 0 Å². The van der Waals surface area contributed by atoms with Crippen LogP contribution in [-0.4, -0.2) is 69.3 Å². The average Bonchev–Trinajstić information content (AvgIpc) is 2.67. The second-order valence-electron chi connectivity index (χ2n) is 7.04. The average molecular weight is 381 g/mol. The number of hydrogen-bond acceptors (Lipinski definition) is 5. The summed E-state index contributed by atoms with van der Waals surface area (Å²) >= 11 is 0. The van der Waals surface area contributed by atoms with E-state index in [-0.39, 0.29) is 18.5 Å². The highest BCUT2D eigenvalue weighted by Crippen LogP contribution is 2.21. The first-order chi connectivity index (χ1) is 12.5. The third-order valence-electron chi connectivity index (χ3n) is 5.13. The molecule has 0 spiro atoms. The molecule has 0 radical (unpaired) electrons. The van der Waals surface area contributed by atoms with E-state index in [1.54, 1.807) is 18.2 Å². The number of hydrogen-bond donors (Lipinski definition) is 2. The normalized spacial score (nSPS) is 22.9. The summed E-state index contributed by atoms with van der Waals surface area (Å²) in [5.41, 5.74) is 0.635. The van der Waals surface area contributed by atoms with E-state index in [0.29, 0.717) is 23.5 Å². The summed E-state index contributed by atoms with van der Waals surface area (Å²) in [7, 11) is -1.56. The van der Waals surface area contributed by atoms with Crippen LogP contribution in [0.5, 0.6) is 0 Å². The van der Waals surface area contributed by atoms with Gasteiger partial charge in [0.1, 0.15) is 0 Å². The number of benzene rings is 1. The Morgan fingerprint density at radius 3 is 2.62 bits per heavy atom. The number of sulfonamides is 1. The van der Waals surface area contributed by atoms with Crippen molar-refractivity contribution < 1.29 is 13.2 Å². The van der Waals surface area contributed by atoms with Crippen LogP contribution >= 0.6 is 0 Å². The Morgan fingerprint density at radius 2 is 1.92 bits per heavy atom. The van der Waals surface area contributed by atoms with Crippen molar-refractivity contribution in [1.82, 2.24) is 19.8 Å². The van der Waals surface area contributed by atoms with Gasteiger partial charge < -0.3 is 15.5 Å². The minimum Gasteiger partial charge on any atom is -0.351 e. The quantitative estimate of drug-likeness (QED) is 0.772. The number of amides is 1. The van der Waals surface area contributed by atoms with Crippen LogP contribution in [-0.2, 0) is 21.4 Å². The molecule has 0 bridgehead atoms. The van der Waals surface area contributed by atoms with Gasteiger partial charge in [0.15, 0.2) is 0 Å². The highest BCUT2D eigenvalue weighted by molar-refractivity contribution is 7.89. The lowest BCUT2D eigenvalue weighted by molar-refractivity contribution is -0.123. The molecule has 1 atom stereocenters. The molecule has 1 amide bonds. The monoisotopic (exact) mass is 380 g/mol. The van der Waals surface area contributed by atoms with Gasteiger partial charge in [-0.05, 0) is 38.1 Å². The van der Waals surface area contributed by atoms with E-state index in [9.17, 15) is 13.2 Å². The molecule has 2 N–H and O–H groups in total. The predicted molar refractivity (Wildman–Crippen MR) is 100 cm³/mol. The van der Waals surface area contributed by atoms with E-state index in [2.05, 4.69) is 15.5 Å². The molecule has 8 heteroatoms. The second-order valence-corrected chi connectivity index (χ2v) is 8.94. The van der Waals surface area contributed by atoms with Gasteiger partial charge in [-0.3, -0.25) is 4.79 Å². The van der Waals surface area contributed by atoms with Crippen LogP contribution in [0.1, 0.15) is 24.8 Å². The van der Waals surface area contributed by atoms with Gasteiger partial charge in [-0.25, -0.2) is 8.42 Å². The zero-order valence-electron chi connectivity index (χ0n) is 15.3. The maximum atomic E-state index is 13.0. The third kappa shape index (κ3) is 4.43. The molecule has 0 aliphatic carbocycles. The molecule has 3 rings (SSSR count). The Kier molecular flexibility index (Phi) is 6.29. The lowest BCUT2D eigenvalue weighted by Crippen LogP contribution is -2.47. The fourth-order valence-electron chi connectivity index (χ4n) is 3.45. The fourth-order valence-corrected chi connectivity index (χ4v) is 5.09. The number of nitrogens with zero attached hydrogens (tertiary/aromatic N) is 2. The highest BCUT2D eigenvalue weighted by atomic mass is 32.2. The standard InChI is InChI=1S/C18H28N4O3S/c1-21-10-12-22(13-11-21)26(24,25)17-8-3-2-6-15(17)14-20-18(23)16-7-4-5-9-19-16/h2-3,6,8,16,19H,4-5,7,9-14H2,1H3,(H,20,23)/t16-/m1/s1. The molecule has 2 aliphatic rings. The van der Waals surface area contributed by atoms with Gasteiger partial charge in [-0.1, -0.05) is 24.6 Å². The van der Waals surface area contributed by atoms with Crippen molar-refractivity contribution in [2.24, 2.45) is 0 Å². The maximum absolute atomic E-state index is 13.0. The number of rotatable bonds is 5. The number of likely N-dealkylation sites (N-methyl/N-ethyl adjacent to an activating group) is 1. The van der Waals surface area contributed by atoms with Crippen molar-refractivity contribution in [3.05, 3.63) is 29.8 Å². The van der Waals surface area contributed by atoms with Gasteiger partial charge >= 0.3 is 0 Å². The van der Waals surface area contributed by atoms with E-state index < -0.39 is 10.0 Å². The molecule has 1 aromatic carbocycles. The number of carbonyl (C=O) groups is 1. The summed E-state index contributed by atoms with van der Waals surface area (Å²) in [6, 6.07) is 6.77. The smallest absolute Gasteiger partial charge is 0.243 e. The van der Waals surface area contributed by atoms with Gasteiger partial charge in [0.2, 0.25) is 15.9 Å². The van der Waals surface area contributed by atoms with E-state index in [4.69, 9.17) is 0 Å². The van der Waals surface area contributed by atoms with Crippen LogP contribution in [0, 0.1) is 0 Å². The fraction of sp³-hybridized carbons (Fsp3) is 0.611. The molecule has 26 heavy (non-hydrogen) atoms. The first kappa shape index (κ1) is 19.3. The van der Waals surface area contributed by atoms with E-state index in [1.165, 1.54) is 4.31 Å². The molecule has 0 aromatic heterocycles. The maximum Gasteiger partial charge on any atom is 0.243 e. The van der Waals surface area contributed by atoms with Gasteiger partial charge in [-0.15, -0.1) is 0 Å². The molecular weight excluding hydrogens is 352 g/mol. The van der Waals surface area contributed by atoms with Crippen molar-refractivity contribution in [3.63, 3.8) is 0 Å². The zero-order chi connectivity index (χ0) is 18.6. The summed E-state index contributed by atoms with van der Waals surface area (Å²) in [6.07, 6.45) is 2.96. The molecule has 7 nitrogen and oxygen atoms in total. The van der Waals surface area contributed by atoms with Crippen molar-refractivity contribution in [2.45, 2.75) is 36.7 Å². The Morgan fingerprint density at radius 1 is 1.19 bits per heavy atom. The second kappa shape index (κ2) is 8.47. The van der Waals surface area contributed by atoms with Crippen molar-refractivity contribution in [2.75, 3.05) is 39.8 Å². The van der Waals surface area contributed by atoms with Crippen molar-refractivity contribution >= 4 is 15.9 Å². The highest BCUT2D eigenvalue weighted by Gasteiger charge is 2.29. The summed E-state index contributed by atoms with van der Waals surface area (Å²) in [6.45, 7) is 3.51. The van der Waals surface area contributed by atoms with E-state index >= 15 is 0 Å². The van der Waals surface area contributed by atoms with Crippen LogP contribution in [0.25, 0.3) is 0 Å². The van der Waals surface area contributed by atoms with Crippen molar-refractivity contribution in [3.8, 4) is 0 Å². The van der Waals surface area contributed by atoms with E-state index in [1.807, 2.05) is 13.1 Å². The first-order valence-electron chi connectivity index (χ1n) is 9.26. The Labute approximate surface area is 155 Å². The SMILES string of the molecule is CN1CCN(S(=O)(=O)c2ccccc2CNC(=O)[C@H]2CCCCN2)CC1. The minimum atomic E-state index is -3.55. The topological polar surface area (TPSA) is 81.8 Å². The molecule has 0 saturated carbocycles. The molecular formula is C18H28N4O3S. The first-order valence-corrected chi connectivity index (χ1v) is 10.7. The molecule has 1 aromatic rings. The third-order valence-corrected chi connectivity index (χ3v) is 7.13. The zero-order valence-corrected chi connectivity index (χ0v) is 16.1. The van der Waals surface area contributed by atoms with Gasteiger partial charge in [-0.2, -0.15) is 4.31 Å². The van der Waals surface area contributed by atoms with Crippen LogP contribution in [0.2, 0.25) is 0 Å². The number of carbonyl (C=O) groups excluding carboxylic acids is 1. The minimum absolute atomic E-state index is 0.0588. The number of piperazine rings is 1. The van der Waals surface area contributed by atoms with Crippen molar-refractivity contribution in [1.29, 1.82) is 0 Å². The predicted octanol–water partition coefficient (Wildman–Crippen LogP) is 0.381.